The fourth-order valence-corrected chi connectivity index (χ4v) is 7.25. The minimum absolute atomic E-state index is 0.0237. The zero-order valence-corrected chi connectivity index (χ0v) is 23.5. The van der Waals surface area contributed by atoms with Gasteiger partial charge in [0.15, 0.2) is 11.4 Å². The fraction of sp³-hybridized carbons (Fsp3) is 0.567. The zero-order chi connectivity index (χ0) is 30.0. The lowest BCUT2D eigenvalue weighted by Crippen LogP contribution is -2.63. The first kappa shape index (κ1) is 29.2. The number of aliphatic hydroxyl groups excluding tert-OH is 3. The lowest BCUT2D eigenvalue weighted by atomic mass is 9.55. The molecule has 7 N–H and O–H groups in total. The predicted octanol–water partition coefficient (Wildman–Crippen LogP) is 1.35. The van der Waals surface area contributed by atoms with Crippen molar-refractivity contribution in [1.29, 1.82) is 0 Å². The van der Waals surface area contributed by atoms with Crippen molar-refractivity contribution in [3.8, 4) is 5.75 Å². The van der Waals surface area contributed by atoms with Crippen LogP contribution >= 0.6 is 0 Å². The Bertz CT molecular complexity index is 1370. The van der Waals surface area contributed by atoms with E-state index in [1.54, 1.807) is 19.1 Å². The number of primary amides is 1. The summed E-state index contributed by atoms with van der Waals surface area (Å²) in [6.45, 7) is 9.74. The molecule has 1 saturated carbocycles. The smallest absolute Gasteiger partial charge is 0.255 e. The number of ketones is 2. The van der Waals surface area contributed by atoms with Gasteiger partial charge in [-0.2, -0.15) is 0 Å². The molecule has 41 heavy (non-hydrogen) atoms. The molecule has 0 radical (unpaired) electrons. The van der Waals surface area contributed by atoms with Crippen LogP contribution in [0, 0.1) is 11.8 Å². The Morgan fingerprint density at radius 3 is 2.46 bits per heavy atom. The maximum absolute atomic E-state index is 13.9. The van der Waals surface area contributed by atoms with E-state index in [1.165, 1.54) is 0 Å². The Morgan fingerprint density at radius 2 is 1.83 bits per heavy atom. The molecule has 1 aliphatic heterocycles. The summed E-state index contributed by atoms with van der Waals surface area (Å²) in [4.78, 5) is 40.7. The van der Waals surface area contributed by atoms with Crippen LogP contribution in [0.2, 0.25) is 0 Å². The lowest BCUT2D eigenvalue weighted by Gasteiger charge is -2.50. The Hall–Kier alpha value is -3.25. The van der Waals surface area contributed by atoms with Crippen molar-refractivity contribution in [2.75, 3.05) is 32.8 Å². The number of nitrogens with two attached hydrogens (primary N) is 1. The SMILES string of the molecule is C[C@H]1c2ccc(C(C)(C)CCCN3CCOCC3)c(O)c2C(O)=C2C(=O)[C@]3(O)C(O)=C(C(N)=O)C(=O)C[C@@H]3[C@@H](O)[C@@H]21. The van der Waals surface area contributed by atoms with E-state index in [0.29, 0.717) is 24.3 Å². The van der Waals surface area contributed by atoms with Gasteiger partial charge in [-0.3, -0.25) is 19.3 Å². The highest BCUT2D eigenvalue weighted by Gasteiger charge is 2.65. The number of aromatic hydroxyl groups is 1. The third kappa shape index (κ3) is 4.37. The monoisotopic (exact) mass is 570 g/mol. The topological polar surface area (TPSA) is 191 Å². The summed E-state index contributed by atoms with van der Waals surface area (Å²) >= 11 is 0. The molecule has 2 fully saturated rings. The molecule has 1 amide bonds. The number of nitrogens with zero attached hydrogens (tertiary/aromatic N) is 1. The summed E-state index contributed by atoms with van der Waals surface area (Å²) in [5.41, 5.74) is 1.70. The van der Waals surface area contributed by atoms with Crippen LogP contribution in [0.4, 0.5) is 0 Å². The molecular formula is C30H38N2O9. The van der Waals surface area contributed by atoms with Gasteiger partial charge in [0.05, 0.1) is 24.9 Å². The number of carbonyl (C=O) groups is 3. The number of carbonyl (C=O) groups excluding carboxylic acids is 3. The van der Waals surface area contributed by atoms with E-state index in [0.717, 1.165) is 32.5 Å². The van der Waals surface area contributed by atoms with Gasteiger partial charge in [0, 0.05) is 42.5 Å². The first-order valence-corrected chi connectivity index (χ1v) is 14.0. The summed E-state index contributed by atoms with van der Waals surface area (Å²) in [6, 6.07) is 3.56. The molecule has 222 valence electrons. The number of morpholine rings is 1. The number of phenols is 1. The Balaban J connectivity index is 1.55. The number of amides is 1. The van der Waals surface area contributed by atoms with Crippen LogP contribution in [0.25, 0.3) is 5.76 Å². The number of fused-ring (bicyclic) bond motifs is 3. The van der Waals surface area contributed by atoms with Crippen molar-refractivity contribution in [2.24, 2.45) is 17.6 Å². The third-order valence-electron chi connectivity index (χ3n) is 9.61. The molecule has 11 heteroatoms. The third-order valence-corrected chi connectivity index (χ3v) is 9.61. The van der Waals surface area contributed by atoms with Crippen LogP contribution in [0.15, 0.2) is 29.0 Å². The van der Waals surface area contributed by atoms with Crippen LogP contribution in [0.1, 0.15) is 62.6 Å². The highest BCUT2D eigenvalue weighted by molar-refractivity contribution is 6.23. The van der Waals surface area contributed by atoms with Gasteiger partial charge in [0.1, 0.15) is 22.8 Å². The Labute approximate surface area is 237 Å². The van der Waals surface area contributed by atoms with E-state index < -0.39 is 75.9 Å². The van der Waals surface area contributed by atoms with Crippen molar-refractivity contribution in [3.05, 3.63) is 45.7 Å². The molecule has 0 spiro atoms. The Kier molecular flexibility index (Phi) is 7.30. The minimum Gasteiger partial charge on any atom is -0.508 e. The molecule has 1 heterocycles. The van der Waals surface area contributed by atoms with Crippen molar-refractivity contribution < 1.29 is 44.7 Å². The maximum Gasteiger partial charge on any atom is 0.255 e. The van der Waals surface area contributed by atoms with Gasteiger partial charge in [-0.1, -0.05) is 32.9 Å². The van der Waals surface area contributed by atoms with E-state index in [4.69, 9.17) is 10.5 Å². The average Bonchev–Trinajstić information content (AvgIpc) is 2.91. The molecule has 3 aliphatic carbocycles. The standard InChI is InChI=1S/C30H38N2O9/c1-14-15-5-6-16(29(2,3)7-4-8-32-9-11-41-12-10-32)23(34)20(15)25(36)22-19(14)24(35)17-13-18(33)21(28(31)39)26(37)30(17,40)27(22)38/h5-6,14,17,19,24,34-37,40H,4,7-13H2,1-3H3,(H2,31,39)/t14-,17+,19+,24+,30+/m0/s1. The molecule has 5 atom stereocenters. The summed E-state index contributed by atoms with van der Waals surface area (Å²) in [5.74, 6) is -8.52. The number of aliphatic hydroxyl groups is 4. The first-order valence-electron chi connectivity index (χ1n) is 14.0. The molecule has 1 aromatic carbocycles. The van der Waals surface area contributed by atoms with Crippen LogP contribution in [-0.2, 0) is 24.5 Å². The lowest BCUT2D eigenvalue weighted by molar-refractivity contribution is -0.160. The number of hydrogen-bond acceptors (Lipinski definition) is 10. The van der Waals surface area contributed by atoms with Gasteiger partial charge < -0.3 is 36.0 Å². The van der Waals surface area contributed by atoms with Crippen molar-refractivity contribution in [1.82, 2.24) is 4.90 Å². The maximum atomic E-state index is 13.9. The van der Waals surface area contributed by atoms with E-state index in [-0.39, 0.29) is 16.9 Å². The number of ether oxygens (including phenoxy) is 1. The average molecular weight is 571 g/mol. The molecule has 0 aromatic heterocycles. The van der Waals surface area contributed by atoms with Gasteiger partial charge in [-0.05, 0) is 36.3 Å². The molecule has 4 aliphatic rings. The minimum atomic E-state index is -2.85. The molecule has 0 bridgehead atoms. The second-order valence-electron chi connectivity index (χ2n) is 12.4. The second-order valence-corrected chi connectivity index (χ2v) is 12.4. The number of hydrogen-bond donors (Lipinski definition) is 6. The van der Waals surface area contributed by atoms with E-state index >= 15 is 0 Å². The Morgan fingerprint density at radius 1 is 1.17 bits per heavy atom. The normalized spacial score (nSPS) is 30.7. The second kappa shape index (κ2) is 10.2. The number of Topliss-reactive ketones (excluding diaryl/α,β-unsaturated/α-hetero) is 2. The van der Waals surface area contributed by atoms with Crippen molar-refractivity contribution in [3.63, 3.8) is 0 Å². The number of rotatable bonds is 6. The zero-order valence-electron chi connectivity index (χ0n) is 23.5. The molecule has 11 nitrogen and oxygen atoms in total. The van der Waals surface area contributed by atoms with Gasteiger partial charge in [0.25, 0.3) is 5.91 Å². The van der Waals surface area contributed by atoms with E-state index in [1.807, 2.05) is 13.8 Å². The molecular weight excluding hydrogens is 532 g/mol. The summed E-state index contributed by atoms with van der Waals surface area (Å²) in [7, 11) is 0. The van der Waals surface area contributed by atoms with Gasteiger partial charge in [-0.25, -0.2) is 0 Å². The molecule has 5 rings (SSSR count). The summed E-state index contributed by atoms with van der Waals surface area (Å²) in [5, 5.41) is 56.7. The van der Waals surface area contributed by atoms with Gasteiger partial charge >= 0.3 is 0 Å². The predicted molar refractivity (Wildman–Crippen MR) is 147 cm³/mol. The van der Waals surface area contributed by atoms with Gasteiger partial charge in [-0.15, -0.1) is 0 Å². The summed E-state index contributed by atoms with van der Waals surface area (Å²) < 4.78 is 5.41. The van der Waals surface area contributed by atoms with E-state index in [9.17, 15) is 39.9 Å². The number of phenolic OH excluding ortho intramolecular Hbond substituents is 1. The van der Waals surface area contributed by atoms with E-state index in [2.05, 4.69) is 4.90 Å². The highest BCUT2D eigenvalue weighted by Crippen LogP contribution is 2.56. The van der Waals surface area contributed by atoms with Crippen LogP contribution in [-0.4, -0.2) is 92.5 Å². The van der Waals surface area contributed by atoms with Crippen LogP contribution in [0.3, 0.4) is 0 Å². The van der Waals surface area contributed by atoms with Crippen LogP contribution < -0.4 is 5.73 Å². The number of benzene rings is 1. The van der Waals surface area contributed by atoms with Crippen LogP contribution in [0.5, 0.6) is 5.75 Å². The fourth-order valence-electron chi connectivity index (χ4n) is 7.25. The van der Waals surface area contributed by atoms with Crippen molar-refractivity contribution >= 4 is 23.2 Å². The van der Waals surface area contributed by atoms with Crippen molar-refractivity contribution in [2.45, 2.75) is 63.1 Å². The summed E-state index contributed by atoms with van der Waals surface area (Å²) in [6.07, 6.45) is -0.551. The molecule has 1 aromatic rings. The quantitative estimate of drug-likeness (QED) is 0.272. The van der Waals surface area contributed by atoms with Gasteiger partial charge in [0.2, 0.25) is 5.78 Å². The molecule has 0 unspecified atom stereocenters. The largest absolute Gasteiger partial charge is 0.508 e. The first-order chi connectivity index (χ1) is 19.2. The molecule has 1 saturated heterocycles. The highest BCUT2D eigenvalue weighted by atomic mass is 16.5.